The highest BCUT2D eigenvalue weighted by atomic mass is 35.5. The van der Waals surface area contributed by atoms with Crippen LogP contribution < -0.4 is 5.32 Å². The van der Waals surface area contributed by atoms with Crippen molar-refractivity contribution in [3.63, 3.8) is 0 Å². The fourth-order valence-electron chi connectivity index (χ4n) is 4.16. The molecule has 1 atom stereocenters. The van der Waals surface area contributed by atoms with E-state index in [1.54, 1.807) is 16.7 Å². The summed E-state index contributed by atoms with van der Waals surface area (Å²) in [5.41, 5.74) is 0.968. The number of thioether (sulfide) groups is 1. The molecular weight excluding hydrogens is 475 g/mol. The molecule has 2 aromatic rings. The zero-order chi connectivity index (χ0) is 23.6. The first kappa shape index (κ1) is 25.9. The van der Waals surface area contributed by atoms with Crippen LogP contribution in [0.4, 0.5) is 0 Å². The number of nitrogens with one attached hydrogen (secondary N) is 1. The maximum absolute atomic E-state index is 13.3. The van der Waals surface area contributed by atoms with Gasteiger partial charge in [-0.2, -0.15) is 0 Å². The monoisotopic (exact) mass is 506 g/mol. The molecule has 0 aliphatic heterocycles. The number of hydrogen-bond acceptors (Lipinski definition) is 3. The summed E-state index contributed by atoms with van der Waals surface area (Å²) in [6.07, 6.45) is 6.08. The van der Waals surface area contributed by atoms with Crippen LogP contribution in [0.1, 0.15) is 57.4 Å². The van der Waals surface area contributed by atoms with Gasteiger partial charge in [0.05, 0.1) is 0 Å². The Kier molecular flexibility index (Phi) is 10.4. The van der Waals surface area contributed by atoms with Crippen LogP contribution in [0.15, 0.2) is 53.4 Å². The number of carbonyl (C=O) groups is 2. The maximum atomic E-state index is 13.3. The highest BCUT2D eigenvalue weighted by Gasteiger charge is 2.30. The maximum Gasteiger partial charge on any atom is 0.243 e. The van der Waals surface area contributed by atoms with E-state index in [2.05, 4.69) is 5.32 Å². The van der Waals surface area contributed by atoms with Gasteiger partial charge in [0.2, 0.25) is 11.8 Å². The number of amides is 2. The van der Waals surface area contributed by atoms with Gasteiger partial charge in [0.1, 0.15) is 6.04 Å². The third-order valence-corrected chi connectivity index (χ3v) is 7.57. The molecule has 2 amide bonds. The topological polar surface area (TPSA) is 49.4 Å². The molecule has 2 aromatic carbocycles. The molecule has 178 valence electrons. The third kappa shape index (κ3) is 8.24. The van der Waals surface area contributed by atoms with Crippen LogP contribution in [-0.4, -0.2) is 34.6 Å². The highest BCUT2D eigenvalue weighted by molar-refractivity contribution is 7.99. The second-order valence-electron chi connectivity index (χ2n) is 8.47. The molecule has 1 aliphatic rings. The summed E-state index contributed by atoms with van der Waals surface area (Å²) in [6, 6.07) is 15.0. The van der Waals surface area contributed by atoms with E-state index in [1.807, 2.05) is 55.5 Å². The molecule has 0 aromatic heterocycles. The molecule has 4 nitrogen and oxygen atoms in total. The van der Waals surface area contributed by atoms with E-state index in [9.17, 15) is 9.59 Å². The third-order valence-electron chi connectivity index (χ3n) is 5.97. The second kappa shape index (κ2) is 13.3. The number of benzene rings is 2. The molecule has 1 N–H and O–H groups in total. The Morgan fingerprint density at radius 2 is 1.64 bits per heavy atom. The average molecular weight is 508 g/mol. The quantitative estimate of drug-likeness (QED) is 0.271. The van der Waals surface area contributed by atoms with Crippen molar-refractivity contribution in [1.82, 2.24) is 10.2 Å². The van der Waals surface area contributed by atoms with E-state index in [4.69, 9.17) is 23.2 Å². The zero-order valence-electron chi connectivity index (χ0n) is 19.1. The van der Waals surface area contributed by atoms with Gasteiger partial charge >= 0.3 is 0 Å². The van der Waals surface area contributed by atoms with Gasteiger partial charge < -0.3 is 10.2 Å². The van der Waals surface area contributed by atoms with Crippen LogP contribution in [0.5, 0.6) is 0 Å². The molecule has 1 saturated carbocycles. The largest absolute Gasteiger partial charge is 0.352 e. The van der Waals surface area contributed by atoms with Crippen LogP contribution in [0.3, 0.4) is 0 Å². The summed E-state index contributed by atoms with van der Waals surface area (Å²) >= 11 is 13.7. The minimum atomic E-state index is -0.474. The summed E-state index contributed by atoms with van der Waals surface area (Å²) in [6.45, 7) is 2.37. The molecule has 0 spiro atoms. The number of carbonyl (C=O) groups excluding carboxylic acids is 2. The second-order valence-corrected chi connectivity index (χ2v) is 10.5. The lowest BCUT2D eigenvalue weighted by atomic mass is 10.1. The van der Waals surface area contributed by atoms with Crippen molar-refractivity contribution in [1.29, 1.82) is 0 Å². The Hall–Kier alpha value is -1.69. The molecule has 7 heteroatoms. The van der Waals surface area contributed by atoms with Gasteiger partial charge in [0.25, 0.3) is 0 Å². The van der Waals surface area contributed by atoms with Crippen molar-refractivity contribution in [2.24, 2.45) is 0 Å². The van der Waals surface area contributed by atoms with Gasteiger partial charge in [0, 0.05) is 33.9 Å². The highest BCUT2D eigenvalue weighted by Crippen LogP contribution is 2.23. The zero-order valence-corrected chi connectivity index (χ0v) is 21.4. The van der Waals surface area contributed by atoms with E-state index in [0.29, 0.717) is 29.4 Å². The molecule has 33 heavy (non-hydrogen) atoms. The van der Waals surface area contributed by atoms with Gasteiger partial charge in [-0.25, -0.2) is 0 Å². The predicted molar refractivity (Wildman–Crippen MR) is 138 cm³/mol. The Labute approximate surface area is 211 Å². The van der Waals surface area contributed by atoms with Crippen molar-refractivity contribution >= 4 is 46.8 Å². The van der Waals surface area contributed by atoms with Gasteiger partial charge in [0.15, 0.2) is 0 Å². The van der Waals surface area contributed by atoms with E-state index in [-0.39, 0.29) is 17.9 Å². The van der Waals surface area contributed by atoms with Crippen molar-refractivity contribution in [3.8, 4) is 0 Å². The summed E-state index contributed by atoms with van der Waals surface area (Å²) in [7, 11) is 0. The van der Waals surface area contributed by atoms with E-state index >= 15 is 0 Å². The smallest absolute Gasteiger partial charge is 0.243 e. The van der Waals surface area contributed by atoms with Crippen LogP contribution in [0, 0.1) is 0 Å². The summed E-state index contributed by atoms with van der Waals surface area (Å²) in [4.78, 5) is 29.3. The first-order valence-electron chi connectivity index (χ1n) is 11.7. The molecule has 0 heterocycles. The Bertz CT molecular complexity index is 900. The first-order valence-corrected chi connectivity index (χ1v) is 13.4. The van der Waals surface area contributed by atoms with E-state index in [1.165, 1.54) is 0 Å². The lowest BCUT2D eigenvalue weighted by molar-refractivity contribution is -0.141. The van der Waals surface area contributed by atoms with Crippen molar-refractivity contribution in [3.05, 3.63) is 64.1 Å². The molecule has 3 rings (SSSR count). The molecule has 1 aliphatic carbocycles. The standard InChI is InChI=1S/C26H32Cl2N2O2S/c1-2-24(26(32)29-22-6-3-4-7-22)30(18-19-9-11-20(27)12-10-19)25(31)8-5-17-33-23-15-13-21(28)14-16-23/h9-16,22,24H,2-8,17-18H2,1H3,(H,29,32). The number of hydrogen-bond donors (Lipinski definition) is 1. The minimum absolute atomic E-state index is 0.00933. The fraction of sp³-hybridized carbons (Fsp3) is 0.462. The molecule has 0 saturated heterocycles. The van der Waals surface area contributed by atoms with Crippen molar-refractivity contribution < 1.29 is 9.59 Å². The van der Waals surface area contributed by atoms with Crippen LogP contribution in [-0.2, 0) is 16.1 Å². The molecule has 1 unspecified atom stereocenters. The predicted octanol–water partition coefficient (Wildman–Crippen LogP) is 6.73. The Morgan fingerprint density at radius 1 is 1.03 bits per heavy atom. The average Bonchev–Trinajstić information content (AvgIpc) is 3.32. The number of halogens is 2. The number of rotatable bonds is 11. The van der Waals surface area contributed by atoms with Crippen LogP contribution in [0.25, 0.3) is 0 Å². The molecule has 1 fully saturated rings. The van der Waals surface area contributed by atoms with Crippen molar-refractivity contribution in [2.75, 3.05) is 5.75 Å². The fourth-order valence-corrected chi connectivity index (χ4v) is 5.27. The SMILES string of the molecule is CCC(C(=O)NC1CCCC1)N(Cc1ccc(Cl)cc1)C(=O)CCCSc1ccc(Cl)cc1. The summed E-state index contributed by atoms with van der Waals surface area (Å²) in [5, 5.41) is 4.56. The van der Waals surface area contributed by atoms with Gasteiger partial charge in [-0.1, -0.05) is 55.1 Å². The lowest BCUT2D eigenvalue weighted by Crippen LogP contribution is -2.50. The van der Waals surface area contributed by atoms with Gasteiger partial charge in [-0.05, 0) is 73.4 Å². The van der Waals surface area contributed by atoms with E-state index < -0.39 is 6.04 Å². The summed E-state index contributed by atoms with van der Waals surface area (Å²) in [5.74, 6) is 0.796. The molecular formula is C26H32Cl2N2O2S. The Balaban J connectivity index is 1.63. The normalized spacial score (nSPS) is 14.8. The van der Waals surface area contributed by atoms with Crippen LogP contribution >= 0.6 is 35.0 Å². The van der Waals surface area contributed by atoms with Crippen molar-refractivity contribution in [2.45, 2.75) is 75.4 Å². The van der Waals surface area contributed by atoms with Gasteiger partial charge in [-0.15, -0.1) is 11.8 Å². The van der Waals surface area contributed by atoms with Gasteiger partial charge in [-0.3, -0.25) is 9.59 Å². The minimum Gasteiger partial charge on any atom is -0.352 e. The summed E-state index contributed by atoms with van der Waals surface area (Å²) < 4.78 is 0. The lowest BCUT2D eigenvalue weighted by Gasteiger charge is -2.31. The molecule has 0 radical (unpaired) electrons. The van der Waals surface area contributed by atoms with Crippen LogP contribution in [0.2, 0.25) is 10.0 Å². The first-order chi connectivity index (χ1) is 16.0. The van der Waals surface area contributed by atoms with E-state index in [0.717, 1.165) is 48.3 Å². The Morgan fingerprint density at radius 3 is 2.24 bits per heavy atom. The molecule has 0 bridgehead atoms. The number of nitrogens with zero attached hydrogens (tertiary/aromatic N) is 1.